The van der Waals surface area contributed by atoms with Gasteiger partial charge in [-0.05, 0) is 12.8 Å². The molecule has 1 aromatic rings. The van der Waals surface area contributed by atoms with E-state index in [1.807, 2.05) is 4.90 Å². The summed E-state index contributed by atoms with van der Waals surface area (Å²) in [7, 11) is -1.56. The van der Waals surface area contributed by atoms with Crippen molar-refractivity contribution in [1.29, 1.82) is 0 Å². The van der Waals surface area contributed by atoms with Crippen LogP contribution in [0.5, 0.6) is 0 Å². The smallest absolute Gasteiger partial charge is 0.423 e. The number of anilines is 1. The Kier molecular flexibility index (Phi) is 3.12. The summed E-state index contributed by atoms with van der Waals surface area (Å²) in [5, 5.41) is 21.0. The van der Waals surface area contributed by atoms with E-state index in [1.54, 1.807) is 0 Å². The maximum absolute atomic E-state index is 11.8. The Bertz CT molecular complexity index is 481. The molecule has 0 spiro atoms. The van der Waals surface area contributed by atoms with E-state index in [9.17, 15) is 4.79 Å². The lowest BCUT2D eigenvalue weighted by Crippen LogP contribution is -2.43. The van der Waals surface area contributed by atoms with Gasteiger partial charge in [0.05, 0.1) is 5.92 Å². The molecule has 3 aliphatic heterocycles. The quantitative estimate of drug-likeness (QED) is 0.527. The Balaban J connectivity index is 1.80. The van der Waals surface area contributed by atoms with Gasteiger partial charge in [0.15, 0.2) is 0 Å². The van der Waals surface area contributed by atoms with Crippen molar-refractivity contribution in [3.63, 3.8) is 0 Å². The molecule has 4 rings (SSSR count). The fraction of sp³-hybridized carbons (Fsp3) is 0.545. The lowest BCUT2D eigenvalue weighted by Gasteiger charge is -2.22. The first-order valence-corrected chi connectivity index (χ1v) is 6.37. The molecule has 3 saturated heterocycles. The Morgan fingerprint density at radius 2 is 2.00 bits per heavy atom. The SMILES string of the molecule is O=C1N[C@H]2CC[C@H]1CN(c1ncc(B(O)O)cn1)C2. The number of aromatic nitrogens is 2. The average molecular weight is 262 g/mol. The highest BCUT2D eigenvalue weighted by atomic mass is 16.4. The fourth-order valence-corrected chi connectivity index (χ4v) is 2.63. The standard InChI is InChI=1S/C11H15BN4O3/c17-10-7-1-2-9(15-10)6-16(5-7)11-13-3-8(4-14-11)12(18)19/h3-4,7,9,18-19H,1-2,5-6H2,(H,15,17)/t7-,9-/m0/s1. The average Bonchev–Trinajstić information content (AvgIpc) is 2.70. The van der Waals surface area contributed by atoms with E-state index in [2.05, 4.69) is 15.3 Å². The second-order valence-corrected chi connectivity index (χ2v) is 5.07. The zero-order valence-electron chi connectivity index (χ0n) is 10.4. The number of carbonyl (C=O) groups excluding carboxylic acids is 1. The molecule has 0 radical (unpaired) electrons. The molecule has 4 heterocycles. The second kappa shape index (κ2) is 4.78. The lowest BCUT2D eigenvalue weighted by atomic mass is 9.83. The van der Waals surface area contributed by atoms with Gasteiger partial charge in [-0.1, -0.05) is 0 Å². The third-order valence-corrected chi connectivity index (χ3v) is 3.70. The van der Waals surface area contributed by atoms with E-state index < -0.39 is 7.12 Å². The lowest BCUT2D eigenvalue weighted by molar-refractivity contribution is -0.126. The van der Waals surface area contributed by atoms with Crippen molar-refractivity contribution in [3.05, 3.63) is 12.4 Å². The number of nitrogens with one attached hydrogen (secondary N) is 1. The van der Waals surface area contributed by atoms with E-state index in [0.717, 1.165) is 12.8 Å². The summed E-state index contributed by atoms with van der Waals surface area (Å²) in [6.07, 6.45) is 4.69. The highest BCUT2D eigenvalue weighted by Gasteiger charge is 2.35. The van der Waals surface area contributed by atoms with Gasteiger partial charge in [-0.15, -0.1) is 0 Å². The molecule has 3 aliphatic rings. The first-order chi connectivity index (χ1) is 9.13. The normalized spacial score (nSPS) is 26.0. The van der Waals surface area contributed by atoms with E-state index in [-0.39, 0.29) is 23.3 Å². The molecular weight excluding hydrogens is 247 g/mol. The van der Waals surface area contributed by atoms with Gasteiger partial charge >= 0.3 is 7.12 Å². The zero-order chi connectivity index (χ0) is 13.4. The minimum atomic E-state index is -1.56. The van der Waals surface area contributed by atoms with Gasteiger partial charge in [0.2, 0.25) is 11.9 Å². The third kappa shape index (κ3) is 2.41. The van der Waals surface area contributed by atoms with Crippen molar-refractivity contribution in [1.82, 2.24) is 15.3 Å². The van der Waals surface area contributed by atoms with Crippen LogP contribution in [-0.4, -0.2) is 52.2 Å². The summed E-state index contributed by atoms with van der Waals surface area (Å²) < 4.78 is 0. The number of rotatable bonds is 2. The van der Waals surface area contributed by atoms with Crippen LogP contribution in [0.1, 0.15) is 12.8 Å². The summed E-state index contributed by atoms with van der Waals surface area (Å²) in [6, 6.07) is 0.151. The van der Waals surface area contributed by atoms with E-state index in [1.165, 1.54) is 12.4 Å². The van der Waals surface area contributed by atoms with Crippen LogP contribution in [0.25, 0.3) is 0 Å². The molecule has 8 heteroatoms. The molecule has 2 bridgehead atoms. The number of nitrogens with zero attached hydrogens (tertiary/aromatic N) is 3. The van der Waals surface area contributed by atoms with Crippen molar-refractivity contribution in [2.45, 2.75) is 18.9 Å². The van der Waals surface area contributed by atoms with Gasteiger partial charge < -0.3 is 20.3 Å². The van der Waals surface area contributed by atoms with Crippen LogP contribution in [0.2, 0.25) is 0 Å². The summed E-state index contributed by atoms with van der Waals surface area (Å²) in [6.45, 7) is 1.31. The molecule has 1 amide bonds. The monoisotopic (exact) mass is 262 g/mol. The highest BCUT2D eigenvalue weighted by molar-refractivity contribution is 6.58. The van der Waals surface area contributed by atoms with Crippen LogP contribution in [0.15, 0.2) is 12.4 Å². The third-order valence-electron chi connectivity index (χ3n) is 3.70. The van der Waals surface area contributed by atoms with E-state index >= 15 is 0 Å². The predicted octanol–water partition coefficient (Wildman–Crippen LogP) is -2.13. The van der Waals surface area contributed by atoms with Crippen molar-refractivity contribution in [2.24, 2.45) is 5.92 Å². The van der Waals surface area contributed by atoms with Gasteiger partial charge in [0.1, 0.15) is 0 Å². The molecule has 0 aromatic carbocycles. The summed E-state index contributed by atoms with van der Waals surface area (Å²) in [5.74, 6) is 0.629. The number of fused-ring (bicyclic) bond motifs is 4. The van der Waals surface area contributed by atoms with Crippen LogP contribution in [0.3, 0.4) is 0 Å². The molecular formula is C11H15BN4O3. The summed E-state index contributed by atoms with van der Waals surface area (Å²) >= 11 is 0. The van der Waals surface area contributed by atoms with Crippen LogP contribution in [0.4, 0.5) is 5.95 Å². The number of hydrogen-bond donors (Lipinski definition) is 3. The van der Waals surface area contributed by atoms with Gasteiger partial charge in [-0.25, -0.2) is 9.97 Å². The van der Waals surface area contributed by atoms with E-state index in [0.29, 0.717) is 19.0 Å². The number of piperidine rings is 1. The van der Waals surface area contributed by atoms with Crippen LogP contribution < -0.4 is 15.7 Å². The molecule has 3 fully saturated rings. The molecule has 1 aromatic heterocycles. The topological polar surface area (TPSA) is 98.6 Å². The molecule has 3 N–H and O–H groups in total. The largest absolute Gasteiger partial charge is 0.491 e. The Morgan fingerprint density at radius 3 is 2.63 bits per heavy atom. The molecule has 100 valence electrons. The zero-order valence-corrected chi connectivity index (χ0v) is 10.4. The first-order valence-electron chi connectivity index (χ1n) is 6.37. The minimum absolute atomic E-state index is 0.00883. The molecule has 0 aliphatic carbocycles. The summed E-state index contributed by atoms with van der Waals surface area (Å²) in [5.41, 5.74) is 0.260. The molecule has 0 saturated carbocycles. The van der Waals surface area contributed by atoms with Gasteiger partial charge in [0, 0.05) is 37.0 Å². The molecule has 2 atom stereocenters. The summed E-state index contributed by atoms with van der Waals surface area (Å²) in [4.78, 5) is 22.0. The molecule has 7 nitrogen and oxygen atoms in total. The molecule has 0 unspecified atom stereocenters. The van der Waals surface area contributed by atoms with E-state index in [4.69, 9.17) is 10.0 Å². The number of amides is 1. The van der Waals surface area contributed by atoms with Gasteiger partial charge in [-0.2, -0.15) is 0 Å². The minimum Gasteiger partial charge on any atom is -0.423 e. The first kappa shape index (κ1) is 12.4. The number of carbonyl (C=O) groups is 1. The predicted molar refractivity (Wildman–Crippen MR) is 68.7 cm³/mol. The van der Waals surface area contributed by atoms with Crippen LogP contribution in [-0.2, 0) is 4.79 Å². The van der Waals surface area contributed by atoms with Crippen LogP contribution >= 0.6 is 0 Å². The van der Waals surface area contributed by atoms with Crippen molar-refractivity contribution in [2.75, 3.05) is 18.0 Å². The van der Waals surface area contributed by atoms with Crippen molar-refractivity contribution >= 4 is 24.4 Å². The molecule has 19 heavy (non-hydrogen) atoms. The van der Waals surface area contributed by atoms with Crippen molar-refractivity contribution < 1.29 is 14.8 Å². The maximum Gasteiger partial charge on any atom is 0.491 e. The van der Waals surface area contributed by atoms with Gasteiger partial charge in [-0.3, -0.25) is 4.79 Å². The fourth-order valence-electron chi connectivity index (χ4n) is 2.63. The Labute approximate surface area is 110 Å². The van der Waals surface area contributed by atoms with Crippen LogP contribution in [0, 0.1) is 5.92 Å². The van der Waals surface area contributed by atoms with Gasteiger partial charge in [0.25, 0.3) is 0 Å². The Morgan fingerprint density at radius 1 is 1.26 bits per heavy atom. The maximum atomic E-state index is 11.8. The second-order valence-electron chi connectivity index (χ2n) is 5.07. The highest BCUT2D eigenvalue weighted by Crippen LogP contribution is 2.24. The Hall–Kier alpha value is -1.67. The number of hydrogen-bond acceptors (Lipinski definition) is 6. The van der Waals surface area contributed by atoms with Crippen molar-refractivity contribution in [3.8, 4) is 0 Å².